The van der Waals surface area contributed by atoms with E-state index in [-0.39, 0.29) is 0 Å². The third-order valence-electron chi connectivity index (χ3n) is 10.1. The average molecular weight is 735 g/mol. The maximum absolute atomic E-state index is 5.04. The molecule has 0 aliphatic rings. The fourth-order valence-corrected chi connectivity index (χ4v) is 8.44. The number of hydrogen-bond acceptors (Lipinski definition) is 5. The molecule has 2 aromatic heterocycles. The summed E-state index contributed by atoms with van der Waals surface area (Å²) in [7, 11) is 0. The summed E-state index contributed by atoms with van der Waals surface area (Å²) < 4.78 is 2.44. The summed E-state index contributed by atoms with van der Waals surface area (Å²) >= 11 is 1.81. The largest absolute Gasteiger partial charge is 0.310 e. The lowest BCUT2D eigenvalue weighted by molar-refractivity contribution is 1.07. The van der Waals surface area contributed by atoms with Crippen LogP contribution in [0.1, 0.15) is 0 Å². The van der Waals surface area contributed by atoms with Crippen molar-refractivity contribution >= 4 is 48.6 Å². The Balaban J connectivity index is 1.13. The summed E-state index contributed by atoms with van der Waals surface area (Å²) in [5, 5.41) is 2.36. The van der Waals surface area contributed by atoms with Gasteiger partial charge in [-0.15, -0.1) is 11.3 Å². The van der Waals surface area contributed by atoms with Crippen LogP contribution in [0.3, 0.4) is 0 Å². The summed E-state index contributed by atoms with van der Waals surface area (Å²) in [5.74, 6) is 1.95. The van der Waals surface area contributed by atoms with Crippen LogP contribution in [-0.4, -0.2) is 15.0 Å². The molecular weight excluding hydrogens is 701 g/mol. The zero-order chi connectivity index (χ0) is 37.3. The smallest absolute Gasteiger partial charge is 0.164 e. The van der Waals surface area contributed by atoms with Gasteiger partial charge < -0.3 is 4.90 Å². The fraction of sp³-hybridized carbons (Fsp3) is 0. The molecule has 2 heterocycles. The van der Waals surface area contributed by atoms with E-state index >= 15 is 0 Å². The first-order chi connectivity index (χ1) is 27.7. The second-order valence-electron chi connectivity index (χ2n) is 13.7. The summed E-state index contributed by atoms with van der Waals surface area (Å²) in [5.41, 5.74) is 10.8. The SMILES string of the molecule is c1ccc(-c2ccc(N(c3ccc4sc5ccc(-c6nc(-c7ccccc7)nc(-c7ccccc7)n6)cc5c4c3)c3ccccc3-c3ccccc3)cc2)cc1. The van der Waals surface area contributed by atoms with Crippen molar-refractivity contribution < 1.29 is 0 Å². The molecule has 8 aromatic carbocycles. The van der Waals surface area contributed by atoms with Crippen LogP contribution in [-0.2, 0) is 0 Å². The fourth-order valence-electron chi connectivity index (χ4n) is 7.37. The van der Waals surface area contributed by atoms with E-state index in [1.54, 1.807) is 11.3 Å². The number of rotatable bonds is 8. The van der Waals surface area contributed by atoms with Crippen molar-refractivity contribution in [3.8, 4) is 56.4 Å². The highest BCUT2D eigenvalue weighted by molar-refractivity contribution is 7.25. The summed E-state index contributed by atoms with van der Waals surface area (Å²) in [4.78, 5) is 17.4. The van der Waals surface area contributed by atoms with Gasteiger partial charge in [0.15, 0.2) is 17.5 Å². The lowest BCUT2D eigenvalue weighted by Gasteiger charge is -2.28. The van der Waals surface area contributed by atoms with Crippen molar-refractivity contribution in [3.05, 3.63) is 206 Å². The van der Waals surface area contributed by atoms with E-state index in [0.29, 0.717) is 17.5 Å². The molecule has 0 saturated carbocycles. The Morgan fingerprint density at radius 3 is 1.36 bits per heavy atom. The Bertz CT molecular complexity index is 2890. The van der Waals surface area contributed by atoms with Crippen LogP contribution in [0, 0.1) is 0 Å². The Morgan fingerprint density at radius 2 is 0.750 bits per heavy atom. The molecule has 10 aromatic rings. The molecule has 10 rings (SSSR count). The second-order valence-corrected chi connectivity index (χ2v) is 14.7. The Kier molecular flexibility index (Phi) is 8.67. The standard InChI is InChI=1S/C51H34N4S/c1-5-15-35(16-6-1)36-25-28-41(29-26-36)55(46-24-14-13-23-43(46)37-17-7-2-8-18-37)42-30-32-48-45(34-42)44-33-40(27-31-47(44)56-48)51-53-49(38-19-9-3-10-20-38)52-50(54-51)39-21-11-4-12-22-39/h1-34H. The zero-order valence-electron chi connectivity index (χ0n) is 30.3. The van der Waals surface area contributed by atoms with E-state index < -0.39 is 0 Å². The molecule has 5 heteroatoms. The number of thiophene rings is 1. The Morgan fingerprint density at radius 1 is 0.321 bits per heavy atom. The molecule has 4 nitrogen and oxygen atoms in total. The van der Waals surface area contributed by atoms with Gasteiger partial charge in [-0.25, -0.2) is 15.0 Å². The number of nitrogens with zero attached hydrogens (tertiary/aromatic N) is 4. The highest BCUT2D eigenvalue weighted by Gasteiger charge is 2.19. The maximum Gasteiger partial charge on any atom is 0.164 e. The van der Waals surface area contributed by atoms with Crippen LogP contribution < -0.4 is 4.90 Å². The molecule has 264 valence electrons. The van der Waals surface area contributed by atoms with Crippen molar-refractivity contribution in [1.82, 2.24) is 15.0 Å². The minimum Gasteiger partial charge on any atom is -0.310 e. The minimum absolute atomic E-state index is 0.645. The first-order valence-corrected chi connectivity index (χ1v) is 19.5. The molecule has 0 unspecified atom stereocenters. The molecule has 0 spiro atoms. The van der Waals surface area contributed by atoms with Gasteiger partial charge in [-0.2, -0.15) is 0 Å². The molecule has 0 amide bonds. The molecular formula is C51H34N4S. The Labute approximate surface area is 329 Å². The van der Waals surface area contributed by atoms with Gasteiger partial charge in [-0.05, 0) is 71.3 Å². The van der Waals surface area contributed by atoms with Crippen LogP contribution in [0.15, 0.2) is 206 Å². The maximum atomic E-state index is 5.04. The van der Waals surface area contributed by atoms with Gasteiger partial charge in [-0.1, -0.05) is 152 Å². The van der Waals surface area contributed by atoms with Gasteiger partial charge in [0, 0.05) is 53.8 Å². The predicted molar refractivity (Wildman–Crippen MR) is 235 cm³/mol. The van der Waals surface area contributed by atoms with Gasteiger partial charge >= 0.3 is 0 Å². The molecule has 0 saturated heterocycles. The quantitative estimate of drug-likeness (QED) is 0.156. The van der Waals surface area contributed by atoms with Crippen molar-refractivity contribution in [2.24, 2.45) is 0 Å². The highest BCUT2D eigenvalue weighted by Crippen LogP contribution is 2.44. The molecule has 0 aliphatic carbocycles. The van der Waals surface area contributed by atoms with Gasteiger partial charge in [0.2, 0.25) is 0 Å². The first-order valence-electron chi connectivity index (χ1n) is 18.7. The molecule has 56 heavy (non-hydrogen) atoms. The molecule has 0 bridgehead atoms. The molecule has 0 atom stereocenters. The number of aromatic nitrogens is 3. The Hall–Kier alpha value is -7.21. The van der Waals surface area contributed by atoms with Crippen molar-refractivity contribution in [2.75, 3.05) is 4.90 Å². The van der Waals surface area contributed by atoms with Crippen molar-refractivity contribution in [2.45, 2.75) is 0 Å². The average Bonchev–Trinajstić information content (AvgIpc) is 3.65. The van der Waals surface area contributed by atoms with E-state index in [1.165, 1.54) is 36.9 Å². The number of fused-ring (bicyclic) bond motifs is 3. The van der Waals surface area contributed by atoms with E-state index in [9.17, 15) is 0 Å². The molecule has 0 radical (unpaired) electrons. The normalized spacial score (nSPS) is 11.2. The minimum atomic E-state index is 0.645. The van der Waals surface area contributed by atoms with Crippen molar-refractivity contribution in [1.29, 1.82) is 0 Å². The van der Waals surface area contributed by atoms with Gasteiger partial charge in [0.25, 0.3) is 0 Å². The summed E-state index contributed by atoms with van der Waals surface area (Å²) in [6.45, 7) is 0. The number of hydrogen-bond donors (Lipinski definition) is 0. The lowest BCUT2D eigenvalue weighted by Crippen LogP contribution is -2.11. The number of benzene rings is 8. The highest BCUT2D eigenvalue weighted by atomic mass is 32.1. The second kappa shape index (κ2) is 14.6. The van der Waals surface area contributed by atoms with Crippen LogP contribution in [0.2, 0.25) is 0 Å². The third kappa shape index (κ3) is 6.40. The molecule has 0 N–H and O–H groups in total. The summed E-state index contributed by atoms with van der Waals surface area (Å²) in [6, 6.07) is 72.4. The number of para-hydroxylation sites is 1. The van der Waals surface area contributed by atoms with E-state index in [4.69, 9.17) is 15.0 Å². The van der Waals surface area contributed by atoms with E-state index in [0.717, 1.165) is 39.3 Å². The third-order valence-corrected chi connectivity index (χ3v) is 11.3. The van der Waals surface area contributed by atoms with Gasteiger partial charge in [0.05, 0.1) is 5.69 Å². The lowest BCUT2D eigenvalue weighted by atomic mass is 10.0. The van der Waals surface area contributed by atoms with Crippen LogP contribution in [0.4, 0.5) is 17.1 Å². The van der Waals surface area contributed by atoms with Crippen molar-refractivity contribution in [3.63, 3.8) is 0 Å². The zero-order valence-corrected chi connectivity index (χ0v) is 31.1. The van der Waals surface area contributed by atoms with Gasteiger partial charge in [-0.3, -0.25) is 0 Å². The van der Waals surface area contributed by atoms with Crippen LogP contribution >= 0.6 is 11.3 Å². The first kappa shape index (κ1) is 33.4. The summed E-state index contributed by atoms with van der Waals surface area (Å²) in [6.07, 6.45) is 0. The topological polar surface area (TPSA) is 41.9 Å². The predicted octanol–water partition coefficient (Wildman–Crippen LogP) is 14.0. The van der Waals surface area contributed by atoms with Crippen LogP contribution in [0.5, 0.6) is 0 Å². The van der Waals surface area contributed by atoms with Gasteiger partial charge in [0.1, 0.15) is 0 Å². The van der Waals surface area contributed by atoms with E-state index in [2.05, 4.69) is 150 Å². The molecule has 0 fully saturated rings. The molecule has 0 aliphatic heterocycles. The van der Waals surface area contributed by atoms with Crippen LogP contribution in [0.25, 0.3) is 76.6 Å². The monoisotopic (exact) mass is 734 g/mol. The number of anilines is 3. The van der Waals surface area contributed by atoms with E-state index in [1.807, 2.05) is 60.7 Å².